The fraction of sp³-hybridized carbons (Fsp3) is 0.810. The van der Waals surface area contributed by atoms with Crippen molar-refractivity contribution in [3.63, 3.8) is 0 Å². The van der Waals surface area contributed by atoms with Gasteiger partial charge in [-0.15, -0.1) is 0 Å². The fourth-order valence-corrected chi connectivity index (χ4v) is 4.11. The zero-order chi connectivity index (χ0) is 23.5. The van der Waals surface area contributed by atoms with Gasteiger partial charge in [0.2, 0.25) is 5.91 Å². The highest BCUT2D eigenvalue weighted by atomic mass is 16.7. The molecule has 1 unspecified atom stereocenters. The molecule has 2 heterocycles. The standard InChI is InChI=1S/C21H35N5O6/c1-5-6-9-31-26-15-7-8-16(25(12-15)20(26)30)18(28)24-23-17(27)13-10-14(11-13)22-19(29)32-21(2,3)4/h13-16H,5-12H2,1-4H3,(H,22,29)(H,23,27)(H,24,28)/t13-,14+,15?,16-/m0/s1. The summed E-state index contributed by atoms with van der Waals surface area (Å²) in [5, 5.41) is 4.13. The van der Waals surface area contributed by atoms with Crippen LogP contribution in [-0.4, -0.2) is 70.8 Å². The van der Waals surface area contributed by atoms with Crippen LogP contribution in [0.25, 0.3) is 0 Å². The van der Waals surface area contributed by atoms with Crippen LogP contribution in [0.3, 0.4) is 0 Å². The van der Waals surface area contributed by atoms with Crippen LogP contribution in [-0.2, 0) is 19.2 Å². The quantitative estimate of drug-likeness (QED) is 0.395. The number of unbranched alkanes of at least 4 members (excludes halogenated alkanes) is 1. The molecular weight excluding hydrogens is 418 g/mol. The van der Waals surface area contributed by atoms with E-state index in [1.54, 1.807) is 20.8 Å². The zero-order valence-electron chi connectivity index (χ0n) is 19.3. The summed E-state index contributed by atoms with van der Waals surface area (Å²) in [6.07, 6.45) is 3.45. The molecule has 0 radical (unpaired) electrons. The summed E-state index contributed by atoms with van der Waals surface area (Å²) in [6, 6.07) is -1.11. The second-order valence-corrected chi connectivity index (χ2v) is 9.68. The summed E-state index contributed by atoms with van der Waals surface area (Å²) in [5.74, 6) is -1.03. The number of nitrogens with zero attached hydrogens (tertiary/aromatic N) is 2. The molecule has 11 nitrogen and oxygen atoms in total. The zero-order valence-corrected chi connectivity index (χ0v) is 19.3. The number of rotatable bonds is 7. The minimum absolute atomic E-state index is 0.0395. The molecule has 2 atom stereocenters. The van der Waals surface area contributed by atoms with E-state index < -0.39 is 23.6 Å². The molecule has 1 saturated carbocycles. The van der Waals surface area contributed by atoms with Crippen LogP contribution in [0.15, 0.2) is 0 Å². The number of carbonyl (C=O) groups excluding carboxylic acids is 4. The van der Waals surface area contributed by atoms with E-state index in [1.165, 1.54) is 9.96 Å². The van der Waals surface area contributed by atoms with E-state index in [0.717, 1.165) is 12.8 Å². The number of urea groups is 1. The number of ether oxygens (including phenoxy) is 1. The van der Waals surface area contributed by atoms with E-state index in [2.05, 4.69) is 16.2 Å². The number of alkyl carbamates (subject to hydrolysis) is 1. The molecule has 0 aromatic heterocycles. The first-order chi connectivity index (χ1) is 15.1. The number of piperidine rings is 1. The van der Waals surface area contributed by atoms with Gasteiger partial charge >= 0.3 is 12.1 Å². The Kier molecular flexibility index (Phi) is 7.47. The lowest BCUT2D eigenvalue weighted by Gasteiger charge is -2.35. The second kappa shape index (κ2) is 9.93. The highest BCUT2D eigenvalue weighted by Gasteiger charge is 2.48. The third-order valence-corrected chi connectivity index (χ3v) is 5.89. The van der Waals surface area contributed by atoms with Gasteiger partial charge in [0.05, 0.1) is 12.6 Å². The van der Waals surface area contributed by atoms with Crippen molar-refractivity contribution in [2.45, 2.75) is 89.9 Å². The highest BCUT2D eigenvalue weighted by Crippen LogP contribution is 2.30. The molecule has 2 bridgehead atoms. The van der Waals surface area contributed by atoms with Crippen molar-refractivity contribution in [3.8, 4) is 0 Å². The van der Waals surface area contributed by atoms with Crippen LogP contribution in [0.2, 0.25) is 0 Å². The maximum absolute atomic E-state index is 12.6. The Bertz CT molecular complexity index is 733. The van der Waals surface area contributed by atoms with Crippen LogP contribution in [0.4, 0.5) is 9.59 Å². The Hall–Kier alpha value is -2.56. The number of amides is 5. The van der Waals surface area contributed by atoms with Gasteiger partial charge in [-0.2, -0.15) is 5.06 Å². The average Bonchev–Trinajstić information content (AvgIpc) is 2.92. The molecule has 11 heteroatoms. The summed E-state index contributed by atoms with van der Waals surface area (Å²) in [7, 11) is 0. The van der Waals surface area contributed by atoms with Crippen molar-refractivity contribution >= 4 is 23.9 Å². The molecule has 2 saturated heterocycles. The molecule has 3 N–H and O–H groups in total. The first-order valence-electron chi connectivity index (χ1n) is 11.4. The lowest BCUT2D eigenvalue weighted by molar-refractivity contribution is -0.135. The predicted octanol–water partition coefficient (Wildman–Crippen LogP) is 1.44. The molecule has 3 rings (SSSR count). The number of hydrogen-bond donors (Lipinski definition) is 3. The molecule has 0 aromatic rings. The van der Waals surface area contributed by atoms with Gasteiger partial charge in [-0.05, 0) is 52.9 Å². The van der Waals surface area contributed by atoms with Gasteiger partial charge in [-0.1, -0.05) is 13.3 Å². The second-order valence-electron chi connectivity index (χ2n) is 9.68. The highest BCUT2D eigenvalue weighted by molar-refractivity contribution is 5.90. The molecule has 3 fully saturated rings. The predicted molar refractivity (Wildman–Crippen MR) is 114 cm³/mol. The summed E-state index contributed by atoms with van der Waals surface area (Å²) in [5.41, 5.74) is 4.33. The molecule has 3 aliphatic rings. The molecule has 0 aromatic carbocycles. The van der Waals surface area contributed by atoms with Crippen molar-refractivity contribution in [3.05, 3.63) is 0 Å². The number of hydroxylamine groups is 2. The van der Waals surface area contributed by atoms with Crippen molar-refractivity contribution < 1.29 is 28.8 Å². The van der Waals surface area contributed by atoms with Crippen LogP contribution in [0.5, 0.6) is 0 Å². The molecule has 1 aliphatic carbocycles. The summed E-state index contributed by atoms with van der Waals surface area (Å²) >= 11 is 0. The van der Waals surface area contributed by atoms with Crippen molar-refractivity contribution in [1.29, 1.82) is 0 Å². The van der Waals surface area contributed by atoms with Gasteiger partial charge in [-0.3, -0.25) is 25.3 Å². The van der Waals surface area contributed by atoms with Gasteiger partial charge in [-0.25, -0.2) is 9.59 Å². The van der Waals surface area contributed by atoms with Crippen molar-refractivity contribution in [1.82, 2.24) is 26.1 Å². The fourth-order valence-electron chi connectivity index (χ4n) is 4.11. The maximum atomic E-state index is 12.6. The van der Waals surface area contributed by atoms with E-state index in [4.69, 9.17) is 9.57 Å². The summed E-state index contributed by atoms with van der Waals surface area (Å²) in [4.78, 5) is 56.5. The van der Waals surface area contributed by atoms with Crippen LogP contribution >= 0.6 is 0 Å². The number of hydrogen-bond acceptors (Lipinski definition) is 6. The summed E-state index contributed by atoms with van der Waals surface area (Å²) < 4.78 is 5.20. The first-order valence-corrected chi connectivity index (χ1v) is 11.4. The lowest BCUT2D eigenvalue weighted by atomic mass is 9.80. The van der Waals surface area contributed by atoms with E-state index in [1.807, 2.05) is 6.92 Å². The molecule has 32 heavy (non-hydrogen) atoms. The van der Waals surface area contributed by atoms with Gasteiger partial charge in [0, 0.05) is 18.5 Å². The number of carbonyl (C=O) groups is 4. The Labute approximate surface area is 188 Å². The van der Waals surface area contributed by atoms with E-state index >= 15 is 0 Å². The third kappa shape index (κ3) is 5.81. The smallest absolute Gasteiger partial charge is 0.407 e. The number of fused-ring (bicyclic) bond motifs is 2. The normalized spacial score (nSPS) is 26.9. The lowest BCUT2D eigenvalue weighted by Crippen LogP contribution is -2.57. The van der Waals surface area contributed by atoms with Gasteiger partial charge < -0.3 is 15.0 Å². The van der Waals surface area contributed by atoms with Gasteiger partial charge in [0.25, 0.3) is 5.91 Å². The van der Waals surface area contributed by atoms with E-state index in [9.17, 15) is 19.2 Å². The molecule has 180 valence electrons. The molecule has 0 spiro atoms. The number of hydrazine groups is 1. The monoisotopic (exact) mass is 453 g/mol. The Morgan fingerprint density at radius 3 is 2.44 bits per heavy atom. The molecular formula is C21H35N5O6. The minimum atomic E-state index is -0.637. The number of nitrogens with one attached hydrogen (secondary N) is 3. The van der Waals surface area contributed by atoms with Crippen LogP contribution in [0, 0.1) is 5.92 Å². The average molecular weight is 454 g/mol. The van der Waals surface area contributed by atoms with E-state index in [-0.39, 0.29) is 29.9 Å². The first kappa shape index (κ1) is 24.1. The Morgan fingerprint density at radius 1 is 1.09 bits per heavy atom. The topological polar surface area (TPSA) is 129 Å². The largest absolute Gasteiger partial charge is 0.444 e. The minimum Gasteiger partial charge on any atom is -0.444 e. The van der Waals surface area contributed by atoms with Crippen LogP contribution < -0.4 is 16.2 Å². The Morgan fingerprint density at radius 2 is 1.78 bits per heavy atom. The van der Waals surface area contributed by atoms with Gasteiger partial charge in [0.1, 0.15) is 11.6 Å². The van der Waals surface area contributed by atoms with Gasteiger partial charge in [0.15, 0.2) is 0 Å². The van der Waals surface area contributed by atoms with Crippen LogP contribution in [0.1, 0.15) is 66.2 Å². The molecule has 2 aliphatic heterocycles. The van der Waals surface area contributed by atoms with Crippen molar-refractivity contribution in [2.75, 3.05) is 13.2 Å². The van der Waals surface area contributed by atoms with E-state index in [0.29, 0.717) is 38.8 Å². The summed E-state index contributed by atoms with van der Waals surface area (Å²) in [6.45, 7) is 8.32. The Balaban J connectivity index is 1.39. The SMILES string of the molecule is CCCCON1C(=O)N2CC1CC[C@H]2C(=O)NNC(=O)[C@H]1C[C@@H](NC(=O)OC(C)(C)C)C1. The maximum Gasteiger partial charge on any atom is 0.407 e. The molecule has 5 amide bonds. The third-order valence-electron chi connectivity index (χ3n) is 5.89. The van der Waals surface area contributed by atoms with Crippen molar-refractivity contribution in [2.24, 2.45) is 5.92 Å².